The van der Waals surface area contributed by atoms with Gasteiger partial charge in [0.15, 0.2) is 0 Å². The summed E-state index contributed by atoms with van der Waals surface area (Å²) in [5.41, 5.74) is 0. The summed E-state index contributed by atoms with van der Waals surface area (Å²) in [6, 6.07) is 0. The highest BCUT2D eigenvalue weighted by atomic mass is 32.2. The zero-order valence-electron chi connectivity index (χ0n) is 11.7. The lowest BCUT2D eigenvalue weighted by Gasteiger charge is -2.18. The minimum Gasteiger partial charge on any atom is -0.481 e. The molecule has 0 aliphatic rings. The molecule has 1 N–H and O–H groups in total. The number of hydrogen-bond acceptors (Lipinski definition) is 5. The highest BCUT2D eigenvalue weighted by molar-refractivity contribution is 7.89. The number of hydrogen-bond donors (Lipinski definition) is 1. The highest BCUT2D eigenvalue weighted by Crippen LogP contribution is 2.14. The van der Waals surface area contributed by atoms with Crippen LogP contribution in [0.4, 0.5) is 0 Å². The van der Waals surface area contributed by atoms with E-state index in [4.69, 9.17) is 9.84 Å². The first-order valence-electron chi connectivity index (χ1n) is 5.99. The molecule has 0 bridgehead atoms. The number of sulfonamides is 1. The van der Waals surface area contributed by atoms with Crippen LogP contribution in [0.15, 0.2) is 17.3 Å². The Kier molecular flexibility index (Phi) is 5.66. The van der Waals surface area contributed by atoms with E-state index in [9.17, 15) is 13.2 Å². The monoisotopic (exact) mass is 305 g/mol. The van der Waals surface area contributed by atoms with Crippen molar-refractivity contribution in [3.8, 4) is 0 Å². The molecule has 0 saturated carbocycles. The van der Waals surface area contributed by atoms with Crippen molar-refractivity contribution >= 4 is 16.0 Å². The lowest BCUT2D eigenvalue weighted by Crippen LogP contribution is -2.33. The molecule has 0 aliphatic carbocycles. The Morgan fingerprint density at radius 2 is 2.25 bits per heavy atom. The summed E-state index contributed by atoms with van der Waals surface area (Å²) >= 11 is 0. The minimum atomic E-state index is -3.73. The van der Waals surface area contributed by atoms with Crippen molar-refractivity contribution in [1.29, 1.82) is 0 Å². The number of aliphatic carboxylic acids is 1. The molecule has 0 saturated heterocycles. The molecule has 0 radical (unpaired) electrons. The third-order valence-electron chi connectivity index (χ3n) is 2.79. The van der Waals surface area contributed by atoms with Crippen LogP contribution in [-0.4, -0.2) is 60.9 Å². The molecule has 0 fully saturated rings. The number of rotatable bonds is 8. The average molecular weight is 305 g/mol. The molecule has 0 aromatic carbocycles. The highest BCUT2D eigenvalue weighted by Gasteiger charge is 2.26. The van der Waals surface area contributed by atoms with Crippen LogP contribution in [0.3, 0.4) is 0 Å². The summed E-state index contributed by atoms with van der Waals surface area (Å²) in [5, 5.41) is 12.7. The van der Waals surface area contributed by atoms with Crippen LogP contribution in [0.25, 0.3) is 0 Å². The first-order chi connectivity index (χ1) is 9.28. The van der Waals surface area contributed by atoms with Crippen molar-refractivity contribution in [3.63, 3.8) is 0 Å². The number of aromatic nitrogens is 2. The van der Waals surface area contributed by atoms with E-state index in [1.807, 2.05) is 0 Å². The first-order valence-corrected chi connectivity index (χ1v) is 7.43. The van der Waals surface area contributed by atoms with Crippen LogP contribution in [0.1, 0.15) is 6.92 Å². The predicted octanol–water partition coefficient (Wildman–Crippen LogP) is -0.129. The number of carboxylic acids is 1. The molecule has 1 atom stereocenters. The van der Waals surface area contributed by atoms with Crippen LogP contribution < -0.4 is 0 Å². The van der Waals surface area contributed by atoms with Crippen molar-refractivity contribution in [2.45, 2.75) is 18.4 Å². The van der Waals surface area contributed by atoms with Crippen LogP contribution in [0, 0.1) is 5.92 Å². The van der Waals surface area contributed by atoms with Gasteiger partial charge in [0.2, 0.25) is 10.0 Å². The van der Waals surface area contributed by atoms with Crippen LogP contribution >= 0.6 is 0 Å². The van der Waals surface area contributed by atoms with Crippen LogP contribution in [0.2, 0.25) is 0 Å². The van der Waals surface area contributed by atoms with E-state index in [0.717, 1.165) is 4.31 Å². The molecule has 1 heterocycles. The molecule has 8 nitrogen and oxygen atoms in total. The predicted molar refractivity (Wildman–Crippen MR) is 70.7 cm³/mol. The smallest absolute Gasteiger partial charge is 0.307 e. The summed E-state index contributed by atoms with van der Waals surface area (Å²) in [7, 11) is -0.834. The largest absolute Gasteiger partial charge is 0.481 e. The lowest BCUT2D eigenvalue weighted by atomic mass is 10.2. The quantitative estimate of drug-likeness (QED) is 0.718. The number of methoxy groups -OCH3 is 1. The Bertz CT molecular complexity index is 554. The Labute approximate surface area is 118 Å². The summed E-state index contributed by atoms with van der Waals surface area (Å²) in [6.07, 6.45) is 2.64. The summed E-state index contributed by atoms with van der Waals surface area (Å²) in [6.45, 7) is 2.23. The van der Waals surface area contributed by atoms with Gasteiger partial charge in [0, 0.05) is 26.9 Å². The van der Waals surface area contributed by atoms with E-state index in [2.05, 4.69) is 5.10 Å². The van der Waals surface area contributed by atoms with E-state index in [1.54, 1.807) is 7.11 Å². The number of carboxylic acid groups (broad SMARTS) is 1. The van der Waals surface area contributed by atoms with Crippen molar-refractivity contribution in [1.82, 2.24) is 14.1 Å². The van der Waals surface area contributed by atoms with Gasteiger partial charge in [-0.2, -0.15) is 9.40 Å². The number of nitrogens with zero attached hydrogens (tertiary/aromatic N) is 3. The zero-order valence-corrected chi connectivity index (χ0v) is 12.5. The maximum atomic E-state index is 12.2. The van der Waals surface area contributed by atoms with Gasteiger partial charge in [0.25, 0.3) is 0 Å². The molecule has 9 heteroatoms. The average Bonchev–Trinajstić information content (AvgIpc) is 2.85. The van der Waals surface area contributed by atoms with Gasteiger partial charge in [0.1, 0.15) is 4.90 Å². The third-order valence-corrected chi connectivity index (χ3v) is 4.57. The van der Waals surface area contributed by atoms with Gasteiger partial charge < -0.3 is 9.84 Å². The molecular weight excluding hydrogens is 286 g/mol. The van der Waals surface area contributed by atoms with Crippen molar-refractivity contribution in [2.24, 2.45) is 5.92 Å². The van der Waals surface area contributed by atoms with Gasteiger partial charge in [-0.1, -0.05) is 6.92 Å². The topological polar surface area (TPSA) is 102 Å². The van der Waals surface area contributed by atoms with E-state index >= 15 is 0 Å². The van der Waals surface area contributed by atoms with Crippen LogP contribution in [-0.2, 0) is 26.1 Å². The zero-order chi connectivity index (χ0) is 15.3. The first kappa shape index (κ1) is 16.6. The third kappa shape index (κ3) is 4.02. The summed E-state index contributed by atoms with van der Waals surface area (Å²) < 4.78 is 31.8. The Hall–Kier alpha value is -1.45. The standard InChI is InChI=1S/C11H19N3O5S/c1-9(11(15)16)7-13(2)20(17,18)10-6-12-14(8-10)4-5-19-3/h6,8-9H,4-5,7H2,1-3H3,(H,15,16). The summed E-state index contributed by atoms with van der Waals surface area (Å²) in [5.74, 6) is -1.82. The maximum absolute atomic E-state index is 12.2. The number of carbonyl (C=O) groups is 1. The molecule has 1 unspecified atom stereocenters. The molecule has 1 rings (SSSR count). The second kappa shape index (κ2) is 6.82. The Balaban J connectivity index is 2.82. The van der Waals surface area contributed by atoms with Crippen molar-refractivity contribution in [3.05, 3.63) is 12.4 Å². The molecule has 20 heavy (non-hydrogen) atoms. The van der Waals surface area contributed by atoms with Gasteiger partial charge >= 0.3 is 5.97 Å². The molecule has 0 spiro atoms. The van der Waals surface area contributed by atoms with Gasteiger partial charge in [-0.25, -0.2) is 8.42 Å². The normalized spacial score (nSPS) is 13.6. The molecule has 1 aromatic heterocycles. The van der Waals surface area contributed by atoms with Gasteiger partial charge in [-0.3, -0.25) is 9.48 Å². The lowest BCUT2D eigenvalue weighted by molar-refractivity contribution is -0.141. The van der Waals surface area contributed by atoms with E-state index in [-0.39, 0.29) is 11.4 Å². The molecule has 0 aliphatic heterocycles. The molecule has 114 valence electrons. The fourth-order valence-corrected chi connectivity index (χ4v) is 2.74. The fraction of sp³-hybridized carbons (Fsp3) is 0.636. The van der Waals surface area contributed by atoms with Crippen molar-refractivity contribution in [2.75, 3.05) is 27.3 Å². The van der Waals surface area contributed by atoms with E-state index in [1.165, 1.54) is 31.0 Å². The van der Waals surface area contributed by atoms with Gasteiger partial charge in [-0.15, -0.1) is 0 Å². The minimum absolute atomic E-state index is 0.0358. The molecule has 0 amide bonds. The maximum Gasteiger partial charge on any atom is 0.307 e. The summed E-state index contributed by atoms with van der Waals surface area (Å²) in [4.78, 5) is 10.8. The van der Waals surface area contributed by atoms with Crippen LogP contribution in [0.5, 0.6) is 0 Å². The molecular formula is C11H19N3O5S. The second-order valence-corrected chi connectivity index (χ2v) is 6.50. The van der Waals surface area contributed by atoms with Gasteiger partial charge in [0.05, 0.1) is 25.3 Å². The Morgan fingerprint density at radius 3 is 2.80 bits per heavy atom. The SMILES string of the molecule is COCCn1cc(S(=O)(=O)N(C)CC(C)C(=O)O)cn1. The van der Waals surface area contributed by atoms with Gasteiger partial charge in [-0.05, 0) is 0 Å². The number of ether oxygens (including phenoxy) is 1. The van der Waals surface area contributed by atoms with Crippen molar-refractivity contribution < 1.29 is 23.1 Å². The van der Waals surface area contributed by atoms with E-state index < -0.39 is 21.9 Å². The second-order valence-electron chi connectivity index (χ2n) is 4.46. The molecule has 1 aromatic rings. The fourth-order valence-electron chi connectivity index (χ4n) is 1.53. The van der Waals surface area contributed by atoms with E-state index in [0.29, 0.717) is 13.2 Å². The Morgan fingerprint density at radius 1 is 1.60 bits per heavy atom.